The van der Waals surface area contributed by atoms with Crippen molar-refractivity contribution in [2.24, 2.45) is 5.92 Å². The number of hydrogen-bond acceptors (Lipinski definition) is 5. The van der Waals surface area contributed by atoms with Crippen molar-refractivity contribution in [3.05, 3.63) is 34.7 Å². The van der Waals surface area contributed by atoms with E-state index in [2.05, 4.69) is 15.6 Å². The quantitative estimate of drug-likeness (QED) is 0.766. The minimum atomic E-state index is -2.86. The molecule has 1 atom stereocenters. The Hall–Kier alpha value is -1.22. The van der Waals surface area contributed by atoms with Gasteiger partial charge in [0.15, 0.2) is 20.1 Å². The SMILES string of the molecule is O=S1(=O)CC[C@@H](CNC(=S)Nc2nc(-c3ccc(Cl)cc3)cs2)C1. The predicted octanol–water partition coefficient (Wildman–Crippen LogP) is 3.18. The van der Waals surface area contributed by atoms with Crippen LogP contribution in [0, 0.1) is 5.92 Å². The minimum Gasteiger partial charge on any atom is -0.362 e. The highest BCUT2D eigenvalue weighted by Gasteiger charge is 2.27. The maximum absolute atomic E-state index is 11.4. The van der Waals surface area contributed by atoms with E-state index >= 15 is 0 Å². The number of rotatable bonds is 4. The summed E-state index contributed by atoms with van der Waals surface area (Å²) >= 11 is 12.6. The van der Waals surface area contributed by atoms with Crippen molar-refractivity contribution in [2.75, 3.05) is 23.4 Å². The van der Waals surface area contributed by atoms with Gasteiger partial charge in [0, 0.05) is 22.5 Å². The van der Waals surface area contributed by atoms with Crippen LogP contribution >= 0.6 is 35.2 Å². The Labute approximate surface area is 155 Å². The Balaban J connectivity index is 1.53. The number of hydrogen-bond donors (Lipinski definition) is 2. The van der Waals surface area contributed by atoms with Crippen molar-refractivity contribution in [1.82, 2.24) is 10.3 Å². The van der Waals surface area contributed by atoms with E-state index in [4.69, 9.17) is 23.8 Å². The van der Waals surface area contributed by atoms with E-state index in [0.29, 0.717) is 28.2 Å². The molecule has 1 saturated heterocycles. The molecule has 1 aromatic heterocycles. The molecule has 0 amide bonds. The van der Waals surface area contributed by atoms with Gasteiger partial charge in [-0.2, -0.15) is 0 Å². The Bertz CT molecular complexity index is 834. The van der Waals surface area contributed by atoms with Crippen LogP contribution in [0.1, 0.15) is 6.42 Å². The topological polar surface area (TPSA) is 71.1 Å². The molecule has 3 rings (SSSR count). The Morgan fingerprint density at radius 1 is 1.38 bits per heavy atom. The summed E-state index contributed by atoms with van der Waals surface area (Å²) < 4.78 is 22.9. The van der Waals surface area contributed by atoms with Crippen LogP contribution in [-0.2, 0) is 9.84 Å². The molecule has 1 fully saturated rings. The van der Waals surface area contributed by atoms with Crippen molar-refractivity contribution >= 4 is 55.2 Å². The third-order valence-corrected chi connectivity index (χ3v) is 6.84. The van der Waals surface area contributed by atoms with Crippen molar-refractivity contribution in [3.8, 4) is 11.3 Å². The Morgan fingerprint density at radius 3 is 2.79 bits per heavy atom. The number of anilines is 1. The van der Waals surface area contributed by atoms with Crippen LogP contribution in [-0.4, -0.2) is 36.6 Å². The zero-order valence-corrected chi connectivity index (χ0v) is 15.9. The van der Waals surface area contributed by atoms with E-state index in [0.717, 1.165) is 11.3 Å². The molecule has 0 unspecified atom stereocenters. The van der Waals surface area contributed by atoms with Gasteiger partial charge in [0.1, 0.15) is 0 Å². The highest BCUT2D eigenvalue weighted by molar-refractivity contribution is 7.91. The number of sulfone groups is 1. The van der Waals surface area contributed by atoms with Gasteiger partial charge in [0.05, 0.1) is 17.2 Å². The van der Waals surface area contributed by atoms with Crippen LogP contribution in [0.4, 0.5) is 5.13 Å². The molecule has 1 aliphatic heterocycles. The monoisotopic (exact) mass is 401 g/mol. The van der Waals surface area contributed by atoms with Crippen molar-refractivity contribution in [1.29, 1.82) is 0 Å². The van der Waals surface area contributed by atoms with Gasteiger partial charge in [0.25, 0.3) is 0 Å². The molecule has 5 nitrogen and oxygen atoms in total. The number of nitrogens with zero attached hydrogens (tertiary/aromatic N) is 1. The fourth-order valence-corrected chi connectivity index (χ4v) is 5.45. The predicted molar refractivity (Wildman–Crippen MR) is 104 cm³/mol. The zero-order chi connectivity index (χ0) is 17.2. The van der Waals surface area contributed by atoms with E-state index in [1.165, 1.54) is 11.3 Å². The maximum atomic E-state index is 11.4. The van der Waals surface area contributed by atoms with Crippen LogP contribution in [0.3, 0.4) is 0 Å². The first-order chi connectivity index (χ1) is 11.4. The van der Waals surface area contributed by atoms with Gasteiger partial charge < -0.3 is 10.6 Å². The summed E-state index contributed by atoms with van der Waals surface area (Å²) in [5.74, 6) is 0.632. The van der Waals surface area contributed by atoms with Gasteiger partial charge >= 0.3 is 0 Å². The summed E-state index contributed by atoms with van der Waals surface area (Å²) in [7, 11) is -2.86. The molecule has 0 radical (unpaired) electrons. The van der Waals surface area contributed by atoms with Gasteiger partial charge in [-0.15, -0.1) is 11.3 Å². The lowest BCUT2D eigenvalue weighted by molar-refractivity contribution is 0.574. The molecule has 2 N–H and O–H groups in total. The number of benzene rings is 1. The highest BCUT2D eigenvalue weighted by atomic mass is 35.5. The lowest BCUT2D eigenvalue weighted by Crippen LogP contribution is -2.33. The van der Waals surface area contributed by atoms with E-state index in [1.54, 1.807) is 0 Å². The summed E-state index contributed by atoms with van der Waals surface area (Å²) in [5, 5.41) is 9.89. The van der Waals surface area contributed by atoms with Crippen LogP contribution < -0.4 is 10.6 Å². The van der Waals surface area contributed by atoms with E-state index in [1.807, 2.05) is 29.6 Å². The number of thiocarbonyl (C=S) groups is 1. The minimum absolute atomic E-state index is 0.121. The summed E-state index contributed by atoms with van der Waals surface area (Å²) in [5.41, 5.74) is 1.84. The highest BCUT2D eigenvalue weighted by Crippen LogP contribution is 2.26. The first kappa shape index (κ1) is 17.6. The van der Waals surface area contributed by atoms with Crippen LogP contribution in [0.15, 0.2) is 29.6 Å². The Morgan fingerprint density at radius 2 is 2.12 bits per heavy atom. The van der Waals surface area contributed by atoms with Gasteiger partial charge in [-0.05, 0) is 36.7 Å². The van der Waals surface area contributed by atoms with E-state index < -0.39 is 9.84 Å². The smallest absolute Gasteiger partial charge is 0.189 e. The van der Waals surface area contributed by atoms with Crippen LogP contribution in [0.5, 0.6) is 0 Å². The molecular weight excluding hydrogens is 386 g/mol. The average Bonchev–Trinajstić information content (AvgIpc) is 3.12. The summed E-state index contributed by atoms with van der Waals surface area (Å²) in [4.78, 5) is 4.49. The zero-order valence-electron chi connectivity index (χ0n) is 12.7. The first-order valence-electron chi connectivity index (χ1n) is 7.38. The molecule has 0 aliphatic carbocycles. The third kappa shape index (κ3) is 4.66. The van der Waals surface area contributed by atoms with Crippen molar-refractivity contribution < 1.29 is 8.42 Å². The number of halogens is 1. The number of aromatic nitrogens is 1. The number of nitrogens with one attached hydrogen (secondary N) is 2. The molecule has 0 bridgehead atoms. The molecule has 0 saturated carbocycles. The molecule has 1 aliphatic rings. The Kier molecular flexibility index (Phi) is 5.39. The molecule has 2 heterocycles. The summed E-state index contributed by atoms with van der Waals surface area (Å²) in [6.07, 6.45) is 0.690. The molecule has 0 spiro atoms. The maximum Gasteiger partial charge on any atom is 0.189 e. The lowest BCUT2D eigenvalue weighted by Gasteiger charge is -2.11. The van der Waals surface area contributed by atoms with Gasteiger partial charge in [-0.1, -0.05) is 23.7 Å². The van der Waals surface area contributed by atoms with Gasteiger partial charge in [-0.3, -0.25) is 0 Å². The van der Waals surface area contributed by atoms with E-state index in [9.17, 15) is 8.42 Å². The lowest BCUT2D eigenvalue weighted by atomic mass is 10.1. The van der Waals surface area contributed by atoms with Gasteiger partial charge in [-0.25, -0.2) is 13.4 Å². The second kappa shape index (κ2) is 7.35. The first-order valence-corrected chi connectivity index (χ1v) is 10.9. The molecule has 2 aromatic rings. The van der Waals surface area contributed by atoms with Crippen LogP contribution in [0.2, 0.25) is 5.02 Å². The molecule has 9 heteroatoms. The molecule has 128 valence electrons. The third-order valence-electron chi connectivity index (χ3n) is 3.74. The van der Waals surface area contributed by atoms with Gasteiger partial charge in [0.2, 0.25) is 0 Å². The summed E-state index contributed by atoms with van der Waals surface area (Å²) in [6, 6.07) is 7.48. The fourth-order valence-electron chi connectivity index (χ4n) is 2.50. The van der Waals surface area contributed by atoms with Crippen molar-refractivity contribution in [2.45, 2.75) is 6.42 Å². The standard InChI is InChI=1S/C15H16ClN3O2S3/c16-12-3-1-11(2-4-12)13-8-23-15(18-13)19-14(22)17-7-10-5-6-24(20,21)9-10/h1-4,8,10H,5-7,9H2,(H2,17,18,19,22)/t10-/m0/s1. The molecule has 24 heavy (non-hydrogen) atoms. The second-order valence-electron chi connectivity index (χ2n) is 5.65. The van der Waals surface area contributed by atoms with Crippen molar-refractivity contribution in [3.63, 3.8) is 0 Å². The largest absolute Gasteiger partial charge is 0.362 e. The number of thiazole rings is 1. The summed E-state index contributed by atoms with van der Waals surface area (Å²) in [6.45, 7) is 0.556. The molecular formula is C15H16ClN3O2S3. The fraction of sp³-hybridized carbons (Fsp3) is 0.333. The normalized spacial score (nSPS) is 19.1. The van der Waals surface area contributed by atoms with Crippen LogP contribution in [0.25, 0.3) is 11.3 Å². The second-order valence-corrected chi connectivity index (χ2v) is 9.58. The molecule has 1 aromatic carbocycles. The van der Waals surface area contributed by atoms with E-state index in [-0.39, 0.29) is 17.4 Å². The average molecular weight is 402 g/mol.